The van der Waals surface area contributed by atoms with Gasteiger partial charge in [0.2, 0.25) is 10.0 Å². The van der Waals surface area contributed by atoms with Crippen molar-refractivity contribution in [1.29, 1.82) is 0 Å². The van der Waals surface area contributed by atoms with Crippen molar-refractivity contribution < 1.29 is 17.9 Å². The van der Waals surface area contributed by atoms with Crippen LogP contribution < -0.4 is 4.72 Å². The van der Waals surface area contributed by atoms with Crippen LogP contribution in [0.2, 0.25) is 0 Å². The highest BCUT2D eigenvalue weighted by molar-refractivity contribution is 7.88. The SMILES string of the molecule is COC(=O)CN1CCC[C@H](CNS(=O)(=O)Cc2ccccc2)C1. The maximum Gasteiger partial charge on any atom is 0.319 e. The molecule has 1 aliphatic rings. The third kappa shape index (κ3) is 6.29. The van der Waals surface area contributed by atoms with E-state index in [4.69, 9.17) is 0 Å². The molecule has 1 atom stereocenters. The van der Waals surface area contributed by atoms with E-state index in [0.717, 1.165) is 24.9 Å². The normalized spacial score (nSPS) is 19.4. The fourth-order valence-corrected chi connectivity index (χ4v) is 4.02. The van der Waals surface area contributed by atoms with Crippen LogP contribution in [0.3, 0.4) is 0 Å². The van der Waals surface area contributed by atoms with E-state index in [1.807, 2.05) is 23.1 Å². The zero-order valence-corrected chi connectivity index (χ0v) is 14.2. The minimum atomic E-state index is -3.34. The quantitative estimate of drug-likeness (QED) is 0.749. The number of methoxy groups -OCH3 is 1. The van der Waals surface area contributed by atoms with Crippen LogP contribution in [-0.2, 0) is 25.3 Å². The Morgan fingerprint density at radius 2 is 2.09 bits per heavy atom. The molecule has 1 aliphatic heterocycles. The number of esters is 1. The summed E-state index contributed by atoms with van der Waals surface area (Å²) in [6, 6.07) is 9.13. The summed E-state index contributed by atoms with van der Waals surface area (Å²) >= 11 is 0. The molecule has 1 fully saturated rings. The van der Waals surface area contributed by atoms with E-state index in [9.17, 15) is 13.2 Å². The number of sulfonamides is 1. The van der Waals surface area contributed by atoms with Crippen LogP contribution in [0.15, 0.2) is 30.3 Å². The lowest BCUT2D eigenvalue weighted by Gasteiger charge is -2.31. The Labute approximate surface area is 137 Å². The summed E-state index contributed by atoms with van der Waals surface area (Å²) < 4.78 is 31.7. The molecule has 1 saturated heterocycles. The van der Waals surface area contributed by atoms with Gasteiger partial charge < -0.3 is 4.74 Å². The summed E-state index contributed by atoms with van der Waals surface area (Å²) in [4.78, 5) is 13.4. The Bertz CT molecular complexity index is 604. The Kier molecular flexibility index (Phi) is 6.56. The number of carbonyl (C=O) groups excluding carboxylic acids is 1. The minimum absolute atomic E-state index is 0.00751. The second-order valence-electron chi connectivity index (χ2n) is 5.91. The van der Waals surface area contributed by atoms with Gasteiger partial charge in [0.05, 0.1) is 19.4 Å². The molecule has 1 N–H and O–H groups in total. The van der Waals surface area contributed by atoms with Crippen LogP contribution >= 0.6 is 0 Å². The Hall–Kier alpha value is -1.44. The van der Waals surface area contributed by atoms with Crippen molar-refractivity contribution in [1.82, 2.24) is 9.62 Å². The average Bonchev–Trinajstić information content (AvgIpc) is 2.54. The highest BCUT2D eigenvalue weighted by atomic mass is 32.2. The standard InChI is InChI=1S/C16H24N2O4S/c1-22-16(19)12-18-9-5-8-15(11-18)10-17-23(20,21)13-14-6-3-2-4-7-14/h2-4,6-7,15,17H,5,8-13H2,1H3/t15-/m1/s1. The van der Waals surface area contributed by atoms with Gasteiger partial charge in [-0.2, -0.15) is 0 Å². The monoisotopic (exact) mass is 340 g/mol. The number of nitrogens with zero attached hydrogens (tertiary/aromatic N) is 1. The number of carbonyl (C=O) groups is 1. The van der Waals surface area contributed by atoms with E-state index >= 15 is 0 Å². The minimum Gasteiger partial charge on any atom is -0.468 e. The Morgan fingerprint density at radius 3 is 2.78 bits per heavy atom. The molecule has 1 aromatic rings. The first kappa shape index (κ1) is 17.9. The lowest BCUT2D eigenvalue weighted by molar-refractivity contribution is -0.142. The topological polar surface area (TPSA) is 75.7 Å². The van der Waals surface area contributed by atoms with E-state index in [1.165, 1.54) is 7.11 Å². The smallest absolute Gasteiger partial charge is 0.319 e. The number of hydrogen-bond donors (Lipinski definition) is 1. The van der Waals surface area contributed by atoms with Crippen molar-refractivity contribution in [3.63, 3.8) is 0 Å². The molecule has 0 saturated carbocycles. The number of hydrogen-bond acceptors (Lipinski definition) is 5. The van der Waals surface area contributed by atoms with Crippen LogP contribution in [0, 0.1) is 5.92 Å². The number of likely N-dealkylation sites (tertiary alicyclic amines) is 1. The number of ether oxygens (including phenoxy) is 1. The third-order valence-electron chi connectivity index (χ3n) is 3.97. The van der Waals surface area contributed by atoms with Crippen LogP contribution in [-0.4, -0.2) is 52.6 Å². The molecule has 23 heavy (non-hydrogen) atoms. The van der Waals surface area contributed by atoms with Gasteiger partial charge in [-0.3, -0.25) is 9.69 Å². The molecule has 1 heterocycles. The molecule has 128 valence electrons. The summed E-state index contributed by atoms with van der Waals surface area (Å²) in [7, 11) is -1.96. The first-order valence-corrected chi connectivity index (χ1v) is 9.44. The van der Waals surface area contributed by atoms with Gasteiger partial charge in [-0.05, 0) is 30.9 Å². The molecule has 7 heteroatoms. The third-order valence-corrected chi connectivity index (χ3v) is 5.29. The van der Waals surface area contributed by atoms with Gasteiger partial charge in [0.1, 0.15) is 0 Å². The van der Waals surface area contributed by atoms with E-state index in [0.29, 0.717) is 13.1 Å². The highest BCUT2D eigenvalue weighted by Crippen LogP contribution is 2.16. The Morgan fingerprint density at radius 1 is 1.35 bits per heavy atom. The van der Waals surface area contributed by atoms with E-state index < -0.39 is 10.0 Å². The maximum absolute atomic E-state index is 12.1. The molecule has 2 rings (SSSR count). The van der Waals surface area contributed by atoms with Gasteiger partial charge in [0, 0.05) is 13.1 Å². The van der Waals surface area contributed by atoms with Crippen molar-refractivity contribution in [2.24, 2.45) is 5.92 Å². The number of benzene rings is 1. The summed E-state index contributed by atoms with van der Waals surface area (Å²) in [5, 5.41) is 0. The molecule has 0 spiro atoms. The van der Waals surface area contributed by atoms with Crippen LogP contribution in [0.25, 0.3) is 0 Å². The highest BCUT2D eigenvalue weighted by Gasteiger charge is 2.23. The largest absolute Gasteiger partial charge is 0.468 e. The van der Waals surface area contributed by atoms with Crippen LogP contribution in [0.4, 0.5) is 0 Å². The molecule has 1 aromatic carbocycles. The molecule has 0 unspecified atom stereocenters. The first-order chi connectivity index (χ1) is 11.0. The van der Waals surface area contributed by atoms with Crippen molar-refractivity contribution in [2.45, 2.75) is 18.6 Å². The average molecular weight is 340 g/mol. The predicted molar refractivity (Wildman–Crippen MR) is 88.2 cm³/mol. The van der Waals surface area contributed by atoms with Gasteiger partial charge in [-0.15, -0.1) is 0 Å². The molecule has 0 radical (unpaired) electrons. The molecule has 0 amide bonds. The van der Waals surface area contributed by atoms with Crippen LogP contribution in [0.1, 0.15) is 18.4 Å². The molecule has 0 bridgehead atoms. The zero-order valence-electron chi connectivity index (χ0n) is 13.4. The summed E-state index contributed by atoms with van der Waals surface area (Å²) in [6.07, 6.45) is 1.92. The maximum atomic E-state index is 12.1. The molecule has 0 aromatic heterocycles. The van der Waals surface area contributed by atoms with E-state index in [1.54, 1.807) is 12.1 Å². The van der Waals surface area contributed by atoms with Crippen molar-refractivity contribution >= 4 is 16.0 Å². The first-order valence-electron chi connectivity index (χ1n) is 7.79. The van der Waals surface area contributed by atoms with Gasteiger partial charge in [0.25, 0.3) is 0 Å². The second-order valence-corrected chi connectivity index (χ2v) is 7.72. The van der Waals surface area contributed by atoms with Crippen molar-refractivity contribution in [3.05, 3.63) is 35.9 Å². The predicted octanol–water partition coefficient (Wildman–Crippen LogP) is 0.991. The molecule has 6 nitrogen and oxygen atoms in total. The second kappa shape index (κ2) is 8.42. The summed E-state index contributed by atoms with van der Waals surface area (Å²) in [6.45, 7) is 2.24. The lowest BCUT2D eigenvalue weighted by Crippen LogP contribution is -2.43. The summed E-state index contributed by atoms with van der Waals surface area (Å²) in [5.74, 6) is -0.0406. The number of nitrogens with one attached hydrogen (secondary N) is 1. The van der Waals surface area contributed by atoms with Crippen molar-refractivity contribution in [2.75, 3.05) is 33.3 Å². The molecule has 0 aliphatic carbocycles. The summed E-state index contributed by atoms with van der Waals surface area (Å²) in [5.41, 5.74) is 0.774. The van der Waals surface area contributed by atoms with Gasteiger partial charge in [0.15, 0.2) is 0 Å². The number of rotatable bonds is 7. The van der Waals surface area contributed by atoms with E-state index in [2.05, 4.69) is 9.46 Å². The van der Waals surface area contributed by atoms with Gasteiger partial charge in [-0.1, -0.05) is 30.3 Å². The van der Waals surface area contributed by atoms with Crippen LogP contribution in [0.5, 0.6) is 0 Å². The fourth-order valence-electron chi connectivity index (χ4n) is 2.80. The van der Waals surface area contributed by atoms with E-state index in [-0.39, 0.29) is 24.2 Å². The Balaban J connectivity index is 1.81. The molecular weight excluding hydrogens is 316 g/mol. The van der Waals surface area contributed by atoms with Gasteiger partial charge in [-0.25, -0.2) is 13.1 Å². The zero-order chi connectivity index (χ0) is 16.7. The van der Waals surface area contributed by atoms with Gasteiger partial charge >= 0.3 is 5.97 Å². The van der Waals surface area contributed by atoms with Crippen molar-refractivity contribution in [3.8, 4) is 0 Å². The fraction of sp³-hybridized carbons (Fsp3) is 0.562. The number of piperidine rings is 1. The lowest BCUT2D eigenvalue weighted by atomic mass is 9.98. The molecular formula is C16H24N2O4S.